The molecule has 0 unspecified atom stereocenters. The van der Waals surface area contributed by atoms with Gasteiger partial charge in [0, 0.05) is 21.5 Å². The highest BCUT2D eigenvalue weighted by molar-refractivity contribution is 7.26. The smallest absolute Gasteiger partial charge is 0.207 e. The van der Waals surface area contributed by atoms with Gasteiger partial charge in [-0.15, -0.1) is 11.3 Å². The molecule has 13 heteroatoms. The average Bonchev–Trinajstić information content (AvgIpc) is 3.62. The van der Waals surface area contributed by atoms with Crippen LogP contribution in [0.1, 0.15) is 11.1 Å². The second-order valence-electron chi connectivity index (χ2n) is 10.6. The number of rotatable bonds is 2. The molecular weight excluding hydrogens is 648 g/mol. The number of hydrogen-bond acceptors (Lipinski definition) is 5. The molecule has 7 aromatic rings. The quantitative estimate of drug-likeness (QED) is 0.137. The maximum atomic E-state index is 14.2. The highest BCUT2D eigenvalue weighted by atomic mass is 32.1. The molecule has 0 aliphatic carbocycles. The fourth-order valence-electron chi connectivity index (χ4n) is 5.96. The predicted molar refractivity (Wildman–Crippen MR) is 160 cm³/mol. The van der Waals surface area contributed by atoms with Gasteiger partial charge in [-0.3, -0.25) is 0 Å². The summed E-state index contributed by atoms with van der Waals surface area (Å²) in [6.07, 6.45) is -6.07. The highest BCUT2D eigenvalue weighted by Gasteiger charge is 2.32. The van der Waals surface area contributed by atoms with Crippen LogP contribution in [-0.2, 0) is 12.4 Å². The third kappa shape index (κ3) is 4.87. The summed E-state index contributed by atoms with van der Waals surface area (Å²) in [5.41, 5.74) is -1.91. The Kier molecular flexibility index (Phi) is 6.67. The third-order valence-corrected chi connectivity index (χ3v) is 9.07. The van der Waals surface area contributed by atoms with Gasteiger partial charge in [0.15, 0.2) is 0 Å². The summed E-state index contributed by atoms with van der Waals surface area (Å²) in [6, 6.07) is 13.7. The van der Waals surface area contributed by atoms with E-state index in [1.165, 1.54) is 24.3 Å². The fourth-order valence-corrected chi connectivity index (χ4v) is 7.30. The van der Waals surface area contributed by atoms with Gasteiger partial charge in [0.05, 0.1) is 20.5 Å². The molecule has 7 rings (SSSR count). The molecule has 0 saturated carbocycles. The van der Waals surface area contributed by atoms with E-state index >= 15 is 0 Å². The molecule has 0 aliphatic heterocycles. The van der Waals surface area contributed by atoms with Gasteiger partial charge in [-0.25, -0.2) is 8.78 Å². The monoisotopic (exact) mass is 660 g/mol. The number of nitrogens with zero attached hydrogens (tertiary/aromatic N) is 4. The zero-order chi connectivity index (χ0) is 33.4. The largest absolute Gasteiger partial charge is 0.416 e. The Balaban J connectivity index is 1.51. The van der Waals surface area contributed by atoms with Gasteiger partial charge in [0.1, 0.15) is 22.3 Å². The number of nitriles is 2. The lowest BCUT2D eigenvalue weighted by Gasteiger charge is -2.10. The first-order valence-electron chi connectivity index (χ1n) is 13.5. The van der Waals surface area contributed by atoms with Crippen molar-refractivity contribution < 1.29 is 35.1 Å². The Morgan fingerprint density at radius 3 is 1.28 bits per heavy atom. The Bertz CT molecular complexity index is 2480. The molecule has 0 N–H and O–H groups in total. The van der Waals surface area contributed by atoms with Crippen molar-refractivity contribution in [1.82, 2.24) is 0 Å². The number of fused-ring (bicyclic) bond motifs is 7. The van der Waals surface area contributed by atoms with Gasteiger partial charge in [-0.1, -0.05) is 24.3 Å². The molecule has 1 aromatic heterocycles. The average molecular weight is 661 g/mol. The first-order valence-corrected chi connectivity index (χ1v) is 14.3. The Morgan fingerprint density at radius 2 is 0.915 bits per heavy atom. The Hall–Kier alpha value is -5.66. The van der Waals surface area contributed by atoms with Crippen molar-refractivity contribution in [2.45, 2.75) is 12.4 Å². The summed E-state index contributed by atoms with van der Waals surface area (Å²) in [4.78, 5) is 7.98. The van der Waals surface area contributed by atoms with E-state index in [4.69, 9.17) is 0 Å². The highest BCUT2D eigenvalue weighted by Crippen LogP contribution is 2.43. The molecule has 0 fully saturated rings. The molecule has 1 heterocycles. The normalized spacial score (nSPS) is 13.3. The van der Waals surface area contributed by atoms with E-state index in [0.29, 0.717) is 53.8 Å². The second kappa shape index (κ2) is 10.4. The molecular formula is C34H12F8N4S. The summed E-state index contributed by atoms with van der Waals surface area (Å²) in [7, 11) is 0. The van der Waals surface area contributed by atoms with Crippen LogP contribution in [0.3, 0.4) is 0 Å². The van der Waals surface area contributed by atoms with E-state index in [2.05, 4.69) is 9.98 Å². The Morgan fingerprint density at radius 1 is 0.511 bits per heavy atom. The molecule has 0 aliphatic rings. The lowest BCUT2D eigenvalue weighted by molar-refractivity contribution is -0.138. The summed E-state index contributed by atoms with van der Waals surface area (Å²) < 4.78 is 110. The van der Waals surface area contributed by atoms with Crippen molar-refractivity contribution in [2.24, 2.45) is 9.98 Å². The van der Waals surface area contributed by atoms with Crippen LogP contribution in [0.2, 0.25) is 0 Å². The molecule has 0 spiro atoms. The van der Waals surface area contributed by atoms with Crippen molar-refractivity contribution in [3.05, 3.63) is 106 Å². The van der Waals surface area contributed by atoms with Crippen LogP contribution in [0.15, 0.2) is 82.8 Å². The number of thiophene rings is 1. The van der Waals surface area contributed by atoms with Gasteiger partial charge in [0.25, 0.3) is 0 Å². The first kappa shape index (κ1) is 30.0. The van der Waals surface area contributed by atoms with E-state index in [-0.39, 0.29) is 33.0 Å². The minimum absolute atomic E-state index is 0.0377. The molecule has 6 aromatic carbocycles. The molecule has 4 nitrogen and oxygen atoms in total. The third-order valence-electron chi connectivity index (χ3n) is 7.87. The minimum atomic E-state index is -4.78. The molecule has 0 amide bonds. The van der Waals surface area contributed by atoms with Crippen molar-refractivity contribution >= 4 is 53.1 Å². The minimum Gasteiger partial charge on any atom is -0.207 e. The summed E-state index contributed by atoms with van der Waals surface area (Å²) >= 11 is 1.16. The van der Waals surface area contributed by atoms with Gasteiger partial charge in [-0.05, 0) is 81.6 Å². The van der Waals surface area contributed by atoms with Crippen LogP contribution in [0, 0.1) is 34.5 Å². The van der Waals surface area contributed by atoms with E-state index in [1.54, 1.807) is 24.5 Å². The topological polar surface area (TPSA) is 72.3 Å². The molecule has 0 bridgehead atoms. The molecule has 0 atom stereocenters. The lowest BCUT2D eigenvalue weighted by Crippen LogP contribution is -2.05. The molecule has 230 valence electrons. The maximum Gasteiger partial charge on any atom is 0.416 e. The van der Waals surface area contributed by atoms with E-state index in [9.17, 15) is 45.6 Å². The lowest BCUT2D eigenvalue weighted by atomic mass is 9.99. The standard InChI is InChI=1S/C34H12F8N4S/c35-21-7-17(5-19(11-21)33(37,38)39)15-1-3-23-25(9-15)29(45-13-43)31-27(23)28-24-4-2-16(10-26(24)30(46-14-44)32(28)47-31)18-6-20(34(40,41)42)12-22(36)8-18/h1-12H/b45-29-,46-30+. The Labute approximate surface area is 261 Å². The van der Waals surface area contributed by atoms with Crippen molar-refractivity contribution in [3.8, 4) is 34.6 Å². The number of benzene rings is 4. The van der Waals surface area contributed by atoms with Gasteiger partial charge in [-0.2, -0.15) is 46.9 Å². The van der Waals surface area contributed by atoms with Crippen molar-refractivity contribution in [3.63, 3.8) is 0 Å². The van der Waals surface area contributed by atoms with Gasteiger partial charge < -0.3 is 0 Å². The van der Waals surface area contributed by atoms with Crippen LogP contribution < -0.4 is 10.7 Å². The second-order valence-corrected chi connectivity index (χ2v) is 11.6. The van der Waals surface area contributed by atoms with E-state index in [0.717, 1.165) is 35.6 Å². The SMILES string of the molecule is N#C/N=c1/c2cc(-c3cc(F)cc(C(F)(F)F)c3)ccc2c2c1sc1/c(=N/C#N)c3cc(-c4cc(F)cc(C(F)(F)F)c4)ccc3c12. The predicted octanol–water partition coefficient (Wildman–Crippen LogP) is 9.65. The van der Waals surface area contributed by atoms with Crippen molar-refractivity contribution in [1.29, 1.82) is 10.5 Å². The zero-order valence-electron chi connectivity index (χ0n) is 23.1. The van der Waals surface area contributed by atoms with Crippen LogP contribution in [0.5, 0.6) is 0 Å². The first-order chi connectivity index (χ1) is 22.3. The summed E-state index contributed by atoms with van der Waals surface area (Å²) in [5.74, 6) is -2.15. The molecule has 0 radical (unpaired) electrons. The van der Waals surface area contributed by atoms with Crippen LogP contribution in [0.4, 0.5) is 35.1 Å². The molecule has 47 heavy (non-hydrogen) atoms. The zero-order valence-corrected chi connectivity index (χ0v) is 24.0. The molecule has 0 saturated heterocycles. The summed E-state index contributed by atoms with van der Waals surface area (Å²) in [5, 5.41) is 22.7. The van der Waals surface area contributed by atoms with E-state index < -0.39 is 35.1 Å². The van der Waals surface area contributed by atoms with E-state index in [1.807, 2.05) is 0 Å². The summed E-state index contributed by atoms with van der Waals surface area (Å²) in [6.45, 7) is 0. The fraction of sp³-hybridized carbons (Fsp3) is 0.0588. The number of halogens is 8. The number of alkyl halides is 6. The van der Waals surface area contributed by atoms with Crippen LogP contribution in [-0.4, -0.2) is 0 Å². The van der Waals surface area contributed by atoms with Gasteiger partial charge >= 0.3 is 12.4 Å². The number of hydrogen-bond donors (Lipinski definition) is 0. The maximum absolute atomic E-state index is 14.2. The van der Waals surface area contributed by atoms with Crippen molar-refractivity contribution in [2.75, 3.05) is 0 Å². The van der Waals surface area contributed by atoms with Gasteiger partial charge in [0.2, 0.25) is 12.4 Å². The van der Waals surface area contributed by atoms with Crippen LogP contribution in [0.25, 0.3) is 64.0 Å². The van der Waals surface area contributed by atoms with Crippen LogP contribution >= 0.6 is 11.3 Å².